The maximum atomic E-state index is 9.71. The van der Waals surface area contributed by atoms with E-state index in [-0.39, 0.29) is 6.04 Å². The minimum absolute atomic E-state index is 0.0105. The van der Waals surface area contributed by atoms with Crippen LogP contribution in [0.2, 0.25) is 5.02 Å². The molecule has 0 amide bonds. The van der Waals surface area contributed by atoms with Crippen LogP contribution in [0.1, 0.15) is 20.8 Å². The van der Waals surface area contributed by atoms with Crippen LogP contribution in [0.25, 0.3) is 0 Å². The first-order chi connectivity index (χ1) is 6.39. The van der Waals surface area contributed by atoms with Crippen LogP contribution >= 0.6 is 11.6 Å². The van der Waals surface area contributed by atoms with Crippen molar-refractivity contribution in [2.45, 2.75) is 32.4 Å². The molecule has 78 valence electrons. The molecule has 0 spiro atoms. The van der Waals surface area contributed by atoms with Crippen LogP contribution in [0.4, 0.5) is 5.69 Å². The fourth-order valence-corrected chi connectivity index (χ4v) is 1.10. The van der Waals surface area contributed by atoms with Crippen LogP contribution < -0.4 is 5.32 Å². The van der Waals surface area contributed by atoms with Crippen LogP contribution in [0.5, 0.6) is 0 Å². The highest BCUT2D eigenvalue weighted by Crippen LogP contribution is 2.17. The summed E-state index contributed by atoms with van der Waals surface area (Å²) in [4.78, 5) is 0. The zero-order valence-electron chi connectivity index (χ0n) is 8.71. The van der Waals surface area contributed by atoms with Gasteiger partial charge in [0.25, 0.3) is 0 Å². The molecule has 0 fully saturated rings. The highest BCUT2D eigenvalue weighted by Gasteiger charge is 2.21. The molecule has 14 heavy (non-hydrogen) atoms. The molecule has 1 atom stereocenters. The van der Waals surface area contributed by atoms with Gasteiger partial charge >= 0.3 is 0 Å². The maximum absolute atomic E-state index is 9.71. The predicted octanol–water partition coefficient (Wildman–Crippen LogP) is 2.91. The average molecular weight is 214 g/mol. The Labute approximate surface area is 89.9 Å². The number of hydrogen-bond acceptors (Lipinski definition) is 2. The Balaban J connectivity index is 2.65. The summed E-state index contributed by atoms with van der Waals surface area (Å²) in [7, 11) is 0. The van der Waals surface area contributed by atoms with Crippen molar-refractivity contribution in [2.24, 2.45) is 0 Å². The van der Waals surface area contributed by atoms with Gasteiger partial charge < -0.3 is 10.4 Å². The van der Waals surface area contributed by atoms with Crippen molar-refractivity contribution in [1.29, 1.82) is 0 Å². The maximum Gasteiger partial charge on any atom is 0.0789 e. The lowest BCUT2D eigenvalue weighted by Gasteiger charge is -2.27. The van der Waals surface area contributed by atoms with Gasteiger partial charge in [-0.25, -0.2) is 0 Å². The summed E-state index contributed by atoms with van der Waals surface area (Å²) in [5.41, 5.74) is 0.226. The van der Waals surface area contributed by atoms with E-state index in [1.807, 2.05) is 31.2 Å². The quantitative estimate of drug-likeness (QED) is 0.809. The molecule has 2 nitrogen and oxygen atoms in total. The number of aliphatic hydroxyl groups is 1. The summed E-state index contributed by atoms with van der Waals surface area (Å²) in [6.07, 6.45) is 0. The van der Waals surface area contributed by atoms with Gasteiger partial charge in [0.1, 0.15) is 0 Å². The summed E-state index contributed by atoms with van der Waals surface area (Å²) in [5, 5.41) is 13.6. The van der Waals surface area contributed by atoms with Crippen LogP contribution in [-0.4, -0.2) is 16.7 Å². The number of nitrogens with one attached hydrogen (secondary N) is 1. The van der Waals surface area contributed by atoms with E-state index in [1.54, 1.807) is 13.8 Å². The van der Waals surface area contributed by atoms with E-state index in [2.05, 4.69) is 5.32 Å². The highest BCUT2D eigenvalue weighted by molar-refractivity contribution is 6.30. The first-order valence-corrected chi connectivity index (χ1v) is 5.02. The van der Waals surface area contributed by atoms with Gasteiger partial charge in [0, 0.05) is 10.7 Å². The molecule has 0 saturated carbocycles. The first-order valence-electron chi connectivity index (χ1n) is 4.64. The smallest absolute Gasteiger partial charge is 0.0789 e. The van der Waals surface area contributed by atoms with Gasteiger partial charge in [-0.15, -0.1) is 0 Å². The number of benzene rings is 1. The van der Waals surface area contributed by atoms with Crippen LogP contribution in [-0.2, 0) is 0 Å². The van der Waals surface area contributed by atoms with Gasteiger partial charge in [0.2, 0.25) is 0 Å². The zero-order valence-corrected chi connectivity index (χ0v) is 9.47. The second-order valence-corrected chi connectivity index (χ2v) is 4.46. The molecule has 1 rings (SSSR count). The van der Waals surface area contributed by atoms with E-state index in [0.29, 0.717) is 5.02 Å². The highest BCUT2D eigenvalue weighted by atomic mass is 35.5. The number of halogens is 1. The molecule has 0 aliphatic carbocycles. The summed E-state index contributed by atoms with van der Waals surface area (Å²) >= 11 is 5.76. The summed E-state index contributed by atoms with van der Waals surface area (Å²) in [5.74, 6) is 0. The van der Waals surface area contributed by atoms with Crippen LogP contribution in [0.15, 0.2) is 24.3 Å². The van der Waals surface area contributed by atoms with Crippen molar-refractivity contribution in [3.63, 3.8) is 0 Å². The number of anilines is 1. The van der Waals surface area contributed by atoms with Crippen molar-refractivity contribution in [3.8, 4) is 0 Å². The molecule has 1 aromatic rings. The SMILES string of the molecule is CC(Nc1ccc(Cl)cc1)C(C)(C)O. The molecular formula is C11H16ClNO. The zero-order chi connectivity index (χ0) is 10.8. The second-order valence-electron chi connectivity index (χ2n) is 4.03. The van der Waals surface area contributed by atoms with Gasteiger partial charge in [-0.2, -0.15) is 0 Å². The van der Waals surface area contributed by atoms with Crippen molar-refractivity contribution in [1.82, 2.24) is 0 Å². The third-order valence-corrected chi connectivity index (χ3v) is 2.54. The monoisotopic (exact) mass is 213 g/mol. The van der Waals surface area contributed by atoms with Gasteiger partial charge in [-0.3, -0.25) is 0 Å². The van der Waals surface area contributed by atoms with Crippen molar-refractivity contribution in [2.75, 3.05) is 5.32 Å². The van der Waals surface area contributed by atoms with Crippen molar-refractivity contribution >= 4 is 17.3 Å². The Bertz CT molecular complexity index is 289. The van der Waals surface area contributed by atoms with Gasteiger partial charge in [-0.1, -0.05) is 11.6 Å². The lowest BCUT2D eigenvalue weighted by atomic mass is 10.0. The van der Waals surface area contributed by atoms with E-state index in [1.165, 1.54) is 0 Å². The van der Waals surface area contributed by atoms with Gasteiger partial charge in [-0.05, 0) is 45.0 Å². The summed E-state index contributed by atoms with van der Waals surface area (Å²) in [6.45, 7) is 5.50. The lowest BCUT2D eigenvalue weighted by Crippen LogP contribution is -2.39. The van der Waals surface area contributed by atoms with Crippen molar-refractivity contribution in [3.05, 3.63) is 29.3 Å². The Hall–Kier alpha value is -0.730. The largest absolute Gasteiger partial charge is 0.388 e. The third kappa shape index (κ3) is 3.20. The lowest BCUT2D eigenvalue weighted by molar-refractivity contribution is 0.0649. The molecule has 1 aromatic carbocycles. The topological polar surface area (TPSA) is 32.3 Å². The second kappa shape index (κ2) is 4.20. The molecule has 0 radical (unpaired) electrons. The normalized spacial score (nSPS) is 13.8. The Morgan fingerprint density at radius 2 is 1.79 bits per heavy atom. The summed E-state index contributed by atoms with van der Waals surface area (Å²) in [6, 6.07) is 7.42. The minimum atomic E-state index is -0.736. The molecule has 2 N–H and O–H groups in total. The molecule has 0 aromatic heterocycles. The average Bonchev–Trinajstić information content (AvgIpc) is 2.07. The van der Waals surface area contributed by atoms with Crippen molar-refractivity contribution < 1.29 is 5.11 Å². The third-order valence-electron chi connectivity index (χ3n) is 2.29. The van der Waals surface area contributed by atoms with E-state index in [0.717, 1.165) is 5.69 Å². The first kappa shape index (κ1) is 11.3. The molecule has 0 heterocycles. The van der Waals surface area contributed by atoms with E-state index >= 15 is 0 Å². The van der Waals surface area contributed by atoms with E-state index in [4.69, 9.17) is 11.6 Å². The van der Waals surface area contributed by atoms with Gasteiger partial charge in [0.15, 0.2) is 0 Å². The molecule has 0 aliphatic rings. The molecule has 1 unspecified atom stereocenters. The van der Waals surface area contributed by atoms with Gasteiger partial charge in [0.05, 0.1) is 11.6 Å². The Kier molecular flexibility index (Phi) is 3.40. The standard InChI is InChI=1S/C11H16ClNO/c1-8(11(2,3)14)13-10-6-4-9(12)5-7-10/h4-8,13-14H,1-3H3. The molecule has 3 heteroatoms. The fourth-order valence-electron chi connectivity index (χ4n) is 0.973. The Morgan fingerprint density at radius 3 is 2.21 bits per heavy atom. The number of hydrogen-bond donors (Lipinski definition) is 2. The van der Waals surface area contributed by atoms with Crippen LogP contribution in [0.3, 0.4) is 0 Å². The molecule has 0 saturated heterocycles. The molecule has 0 bridgehead atoms. The molecule has 0 aliphatic heterocycles. The summed E-state index contributed by atoms with van der Waals surface area (Å²) < 4.78 is 0. The van der Waals surface area contributed by atoms with E-state index in [9.17, 15) is 5.11 Å². The Morgan fingerprint density at radius 1 is 1.29 bits per heavy atom. The van der Waals surface area contributed by atoms with E-state index < -0.39 is 5.60 Å². The molecular weight excluding hydrogens is 198 g/mol. The minimum Gasteiger partial charge on any atom is -0.388 e. The predicted molar refractivity (Wildman–Crippen MR) is 60.8 cm³/mol. The number of rotatable bonds is 3. The van der Waals surface area contributed by atoms with Crippen LogP contribution in [0, 0.1) is 0 Å². The fraction of sp³-hybridized carbons (Fsp3) is 0.455.